The molecule has 2 aromatic carbocycles. The average Bonchev–Trinajstić information content (AvgIpc) is 2.70. The summed E-state index contributed by atoms with van der Waals surface area (Å²) in [7, 11) is 2.72. The van der Waals surface area contributed by atoms with E-state index in [1.165, 1.54) is 25.2 Å². The summed E-state index contributed by atoms with van der Waals surface area (Å²) in [5.74, 6) is -0.367. The molecule has 0 saturated carbocycles. The second-order valence-electron chi connectivity index (χ2n) is 5.17. The second-order valence-corrected chi connectivity index (χ2v) is 8.11. The summed E-state index contributed by atoms with van der Waals surface area (Å²) < 4.78 is 23.3. The molecule has 1 aliphatic rings. The van der Waals surface area contributed by atoms with Crippen LogP contribution in [0.1, 0.15) is 21.5 Å². The van der Waals surface area contributed by atoms with Crippen LogP contribution in [0.3, 0.4) is 0 Å². The molecule has 0 aromatic heterocycles. The molecule has 0 saturated heterocycles. The van der Waals surface area contributed by atoms with E-state index in [4.69, 9.17) is 22.3 Å². The summed E-state index contributed by atoms with van der Waals surface area (Å²) in [5, 5.41) is 11.1. The number of amides is 1. The minimum atomic E-state index is -4.09. The molecule has 0 bridgehead atoms. The molecule has 0 radical (unpaired) electrons. The van der Waals surface area contributed by atoms with Gasteiger partial charge in [-0.15, -0.1) is 0 Å². The molecule has 1 unspecified atom stereocenters. The molecule has 120 valence electrons. The number of carbonyl (C=O) groups excluding carboxylic acids is 1. The van der Waals surface area contributed by atoms with E-state index in [2.05, 4.69) is 0 Å². The molecule has 0 aliphatic carbocycles. The van der Waals surface area contributed by atoms with E-state index in [9.17, 15) is 18.3 Å². The topological polar surface area (TPSA) is 74.7 Å². The Morgan fingerprint density at radius 1 is 1.17 bits per heavy atom. The number of nitrogens with zero attached hydrogens (tertiary/aromatic N) is 1. The number of rotatable bonds is 2. The maximum Gasteiger partial charge on any atom is 0.262 e. The first kappa shape index (κ1) is 16.3. The summed E-state index contributed by atoms with van der Waals surface area (Å²) in [6.45, 7) is 0. The van der Waals surface area contributed by atoms with Crippen molar-refractivity contribution in [3.8, 4) is 0 Å². The van der Waals surface area contributed by atoms with E-state index in [1.54, 1.807) is 24.3 Å². The second kappa shape index (κ2) is 5.21. The number of fused-ring (bicyclic) bond motifs is 1. The van der Waals surface area contributed by atoms with Gasteiger partial charge >= 0.3 is 0 Å². The zero-order valence-electron chi connectivity index (χ0n) is 11.8. The summed E-state index contributed by atoms with van der Waals surface area (Å²) in [6.07, 6.45) is 0. The number of halogens is 2. The summed E-state index contributed by atoms with van der Waals surface area (Å²) in [5.41, 5.74) is -0.897. The van der Waals surface area contributed by atoms with Gasteiger partial charge in [0, 0.05) is 34.4 Å². The van der Waals surface area contributed by atoms with Crippen molar-refractivity contribution in [1.29, 1.82) is 0 Å². The van der Waals surface area contributed by atoms with E-state index in [1.807, 2.05) is 0 Å². The molecular weight excluding hydrogens is 361 g/mol. The van der Waals surface area contributed by atoms with E-state index >= 15 is 0 Å². The molecule has 1 amide bonds. The quantitative estimate of drug-likeness (QED) is 0.823. The predicted octanol–water partition coefficient (Wildman–Crippen LogP) is 2.55. The van der Waals surface area contributed by atoms with Crippen LogP contribution in [0.2, 0.25) is 5.02 Å². The van der Waals surface area contributed by atoms with Crippen LogP contribution in [0.5, 0.6) is 0 Å². The maximum absolute atomic E-state index is 12.3. The largest absolute Gasteiger partial charge is 0.363 e. The van der Waals surface area contributed by atoms with E-state index < -0.39 is 14.8 Å². The van der Waals surface area contributed by atoms with Gasteiger partial charge in [0.15, 0.2) is 5.72 Å². The highest BCUT2D eigenvalue weighted by molar-refractivity contribution is 8.13. The zero-order valence-corrected chi connectivity index (χ0v) is 14.2. The molecule has 2 aromatic rings. The number of hydrogen-bond donors (Lipinski definition) is 1. The fourth-order valence-electron chi connectivity index (χ4n) is 2.74. The van der Waals surface area contributed by atoms with Crippen molar-refractivity contribution < 1.29 is 18.3 Å². The van der Waals surface area contributed by atoms with E-state index in [0.717, 1.165) is 4.90 Å². The SMILES string of the molecule is CN1C(=O)c2ccccc2C1(O)c1ccc(Cl)c(S(=O)(=O)Cl)c1. The zero-order chi connectivity index (χ0) is 17.0. The lowest BCUT2D eigenvalue weighted by atomic mass is 9.94. The van der Waals surface area contributed by atoms with Gasteiger partial charge in [-0.05, 0) is 18.2 Å². The molecule has 0 fully saturated rings. The first-order valence-corrected chi connectivity index (χ1v) is 9.21. The van der Waals surface area contributed by atoms with Crippen molar-refractivity contribution in [2.45, 2.75) is 10.6 Å². The van der Waals surface area contributed by atoms with Gasteiger partial charge in [-0.25, -0.2) is 8.42 Å². The molecular formula is C15H11Cl2NO4S. The van der Waals surface area contributed by atoms with Crippen LogP contribution in [0.4, 0.5) is 0 Å². The van der Waals surface area contributed by atoms with Crippen LogP contribution in [0, 0.1) is 0 Å². The monoisotopic (exact) mass is 371 g/mol. The Bertz CT molecular complexity index is 929. The molecule has 0 spiro atoms. The number of benzene rings is 2. The van der Waals surface area contributed by atoms with Crippen molar-refractivity contribution in [1.82, 2.24) is 4.90 Å². The van der Waals surface area contributed by atoms with Crippen molar-refractivity contribution >= 4 is 37.2 Å². The number of aliphatic hydroxyl groups is 1. The third-order valence-corrected chi connectivity index (χ3v) is 5.72. The Hall–Kier alpha value is -1.60. The minimum Gasteiger partial charge on any atom is -0.363 e. The Morgan fingerprint density at radius 3 is 2.48 bits per heavy atom. The molecule has 1 atom stereocenters. The molecule has 1 aliphatic heterocycles. The minimum absolute atomic E-state index is 0.0624. The fraction of sp³-hybridized carbons (Fsp3) is 0.133. The van der Waals surface area contributed by atoms with Gasteiger partial charge < -0.3 is 10.0 Å². The van der Waals surface area contributed by atoms with E-state index in [-0.39, 0.29) is 21.4 Å². The lowest BCUT2D eigenvalue weighted by molar-refractivity contribution is -0.0370. The standard InChI is InChI=1S/C15H11Cl2NO4S/c1-18-14(19)10-4-2-3-5-11(10)15(18,20)9-6-7-12(16)13(8-9)23(17,21)22/h2-8,20H,1H3. The molecule has 3 rings (SSSR count). The van der Waals surface area contributed by atoms with Gasteiger partial charge in [0.2, 0.25) is 0 Å². The highest BCUT2D eigenvalue weighted by atomic mass is 35.7. The molecule has 1 N–H and O–H groups in total. The van der Waals surface area contributed by atoms with Crippen molar-refractivity contribution in [2.24, 2.45) is 0 Å². The van der Waals surface area contributed by atoms with E-state index in [0.29, 0.717) is 11.1 Å². The van der Waals surface area contributed by atoms with Crippen LogP contribution in [0.15, 0.2) is 47.4 Å². The maximum atomic E-state index is 12.3. The van der Waals surface area contributed by atoms with Crippen molar-refractivity contribution in [2.75, 3.05) is 7.05 Å². The molecule has 1 heterocycles. The lowest BCUT2D eigenvalue weighted by Gasteiger charge is -2.32. The van der Waals surface area contributed by atoms with Gasteiger partial charge in [0.1, 0.15) is 4.90 Å². The summed E-state index contributed by atoms with van der Waals surface area (Å²) in [6, 6.07) is 10.5. The van der Waals surface area contributed by atoms with Crippen LogP contribution in [-0.2, 0) is 14.8 Å². The normalized spacial score (nSPS) is 20.7. The van der Waals surface area contributed by atoms with Crippen molar-refractivity contribution in [3.63, 3.8) is 0 Å². The highest BCUT2D eigenvalue weighted by Crippen LogP contribution is 2.42. The average molecular weight is 372 g/mol. The number of carbonyl (C=O) groups is 1. The van der Waals surface area contributed by atoms with Crippen LogP contribution < -0.4 is 0 Å². The summed E-state index contributed by atoms with van der Waals surface area (Å²) >= 11 is 5.87. The summed E-state index contributed by atoms with van der Waals surface area (Å²) in [4.78, 5) is 13.2. The predicted molar refractivity (Wildman–Crippen MR) is 86.0 cm³/mol. The third kappa shape index (κ3) is 2.33. The lowest BCUT2D eigenvalue weighted by Crippen LogP contribution is -2.41. The van der Waals surface area contributed by atoms with Crippen LogP contribution >= 0.6 is 22.3 Å². The van der Waals surface area contributed by atoms with Gasteiger partial charge in [-0.3, -0.25) is 4.79 Å². The Labute approximate surface area is 142 Å². The van der Waals surface area contributed by atoms with Crippen LogP contribution in [-0.4, -0.2) is 31.4 Å². The smallest absolute Gasteiger partial charge is 0.262 e. The highest BCUT2D eigenvalue weighted by Gasteiger charge is 2.48. The van der Waals surface area contributed by atoms with Crippen molar-refractivity contribution in [3.05, 3.63) is 64.2 Å². The Morgan fingerprint density at radius 2 is 1.83 bits per heavy atom. The fourth-order valence-corrected chi connectivity index (χ4v) is 4.23. The molecule has 23 heavy (non-hydrogen) atoms. The van der Waals surface area contributed by atoms with Crippen LogP contribution in [0.25, 0.3) is 0 Å². The molecule has 5 nitrogen and oxygen atoms in total. The third-order valence-electron chi connectivity index (χ3n) is 3.92. The number of hydrogen-bond acceptors (Lipinski definition) is 4. The van der Waals surface area contributed by atoms with Gasteiger partial charge in [0.05, 0.1) is 5.02 Å². The first-order valence-electron chi connectivity index (χ1n) is 6.52. The van der Waals surface area contributed by atoms with Gasteiger partial charge in [-0.2, -0.15) is 0 Å². The van der Waals surface area contributed by atoms with Gasteiger partial charge in [0.25, 0.3) is 15.0 Å². The van der Waals surface area contributed by atoms with Gasteiger partial charge in [-0.1, -0.05) is 35.9 Å². The Balaban J connectivity index is 2.28. The molecule has 8 heteroatoms. The Kier molecular flexibility index (Phi) is 3.68. The first-order chi connectivity index (χ1) is 10.7.